The van der Waals surface area contributed by atoms with Gasteiger partial charge >= 0.3 is 0 Å². The number of halogens is 1. The minimum absolute atomic E-state index is 0.152. The molecule has 0 amide bonds. The number of aliphatic hydroxyl groups excluding tert-OH is 1. The van der Waals surface area contributed by atoms with Crippen LogP contribution in [0.2, 0.25) is 0 Å². The van der Waals surface area contributed by atoms with Gasteiger partial charge in [-0.25, -0.2) is 13.1 Å². The van der Waals surface area contributed by atoms with Crippen LogP contribution >= 0.6 is 15.9 Å². The van der Waals surface area contributed by atoms with Crippen molar-refractivity contribution in [3.63, 3.8) is 0 Å². The second-order valence-corrected chi connectivity index (χ2v) is 6.94. The molecule has 0 saturated heterocycles. The summed E-state index contributed by atoms with van der Waals surface area (Å²) < 4.78 is 27.7. The molecule has 0 fully saturated rings. The number of hydrogen-bond donors (Lipinski definition) is 2. The number of sulfonamides is 1. The molecule has 2 rings (SSSR count). The van der Waals surface area contributed by atoms with Crippen molar-refractivity contribution in [3.8, 4) is 0 Å². The topological polar surface area (TPSA) is 66.4 Å². The van der Waals surface area contributed by atoms with E-state index in [1.807, 2.05) is 24.3 Å². The standard InChI is InChI=1S/C14H14BrNO3S/c15-13-5-1-3-11(7-13)9-16-20(18,19)14-6-2-4-12(8-14)10-17/h1-8,16-17H,9-10H2. The molecule has 0 saturated carbocycles. The molecule has 0 aliphatic rings. The van der Waals surface area contributed by atoms with Crippen LogP contribution in [0.15, 0.2) is 57.9 Å². The molecule has 0 bridgehead atoms. The summed E-state index contributed by atoms with van der Waals surface area (Å²) >= 11 is 3.34. The first-order chi connectivity index (χ1) is 9.51. The van der Waals surface area contributed by atoms with E-state index in [1.54, 1.807) is 12.1 Å². The maximum atomic E-state index is 12.2. The Morgan fingerprint density at radius 2 is 1.75 bits per heavy atom. The first kappa shape index (κ1) is 15.2. The Balaban J connectivity index is 2.15. The lowest BCUT2D eigenvalue weighted by Gasteiger charge is -2.08. The van der Waals surface area contributed by atoms with Gasteiger partial charge in [-0.1, -0.05) is 40.2 Å². The molecule has 0 radical (unpaired) electrons. The number of nitrogens with one attached hydrogen (secondary N) is 1. The van der Waals surface area contributed by atoms with E-state index >= 15 is 0 Å². The van der Waals surface area contributed by atoms with E-state index in [-0.39, 0.29) is 18.0 Å². The smallest absolute Gasteiger partial charge is 0.240 e. The van der Waals surface area contributed by atoms with Gasteiger partial charge in [-0.05, 0) is 35.4 Å². The maximum absolute atomic E-state index is 12.2. The summed E-state index contributed by atoms with van der Waals surface area (Å²) in [4.78, 5) is 0.152. The molecule has 0 atom stereocenters. The summed E-state index contributed by atoms with van der Waals surface area (Å²) in [6.07, 6.45) is 0. The van der Waals surface area contributed by atoms with Crippen LogP contribution in [0.25, 0.3) is 0 Å². The number of hydrogen-bond acceptors (Lipinski definition) is 3. The van der Waals surface area contributed by atoms with Crippen molar-refractivity contribution in [3.05, 3.63) is 64.1 Å². The van der Waals surface area contributed by atoms with E-state index in [1.165, 1.54) is 12.1 Å². The Morgan fingerprint density at radius 1 is 1.05 bits per heavy atom. The first-order valence-electron chi connectivity index (χ1n) is 5.95. The first-order valence-corrected chi connectivity index (χ1v) is 8.23. The summed E-state index contributed by atoms with van der Waals surface area (Å²) in [7, 11) is -3.58. The molecule has 2 N–H and O–H groups in total. The lowest BCUT2D eigenvalue weighted by molar-refractivity contribution is 0.281. The van der Waals surface area contributed by atoms with Gasteiger partial charge in [0.25, 0.3) is 0 Å². The van der Waals surface area contributed by atoms with Gasteiger partial charge in [0.05, 0.1) is 11.5 Å². The number of aliphatic hydroxyl groups is 1. The fourth-order valence-electron chi connectivity index (χ4n) is 1.72. The van der Waals surface area contributed by atoms with E-state index < -0.39 is 10.0 Å². The van der Waals surface area contributed by atoms with Crippen molar-refractivity contribution in [2.45, 2.75) is 18.0 Å². The maximum Gasteiger partial charge on any atom is 0.240 e. The quantitative estimate of drug-likeness (QED) is 0.865. The van der Waals surface area contributed by atoms with Gasteiger partial charge in [0.15, 0.2) is 0 Å². The number of rotatable bonds is 5. The molecular formula is C14H14BrNO3S. The van der Waals surface area contributed by atoms with Crippen molar-refractivity contribution in [2.24, 2.45) is 0 Å². The highest BCUT2D eigenvalue weighted by Crippen LogP contribution is 2.14. The Bertz CT molecular complexity index is 701. The molecule has 0 aliphatic heterocycles. The molecule has 6 heteroatoms. The molecule has 20 heavy (non-hydrogen) atoms. The SMILES string of the molecule is O=S(=O)(NCc1cccc(Br)c1)c1cccc(CO)c1. The molecular weight excluding hydrogens is 342 g/mol. The van der Waals surface area contributed by atoms with Crippen molar-refractivity contribution in [1.82, 2.24) is 4.72 Å². The van der Waals surface area contributed by atoms with Gasteiger partial charge in [0, 0.05) is 11.0 Å². The van der Waals surface area contributed by atoms with Gasteiger partial charge in [-0.2, -0.15) is 0 Å². The van der Waals surface area contributed by atoms with Crippen molar-refractivity contribution in [2.75, 3.05) is 0 Å². The molecule has 0 unspecified atom stereocenters. The monoisotopic (exact) mass is 355 g/mol. The van der Waals surface area contributed by atoms with Gasteiger partial charge in [0.2, 0.25) is 10.0 Å². The molecule has 4 nitrogen and oxygen atoms in total. The Morgan fingerprint density at radius 3 is 2.45 bits per heavy atom. The molecule has 0 aliphatic carbocycles. The molecule has 0 heterocycles. The Kier molecular flexibility index (Phi) is 4.93. The van der Waals surface area contributed by atoms with E-state index in [9.17, 15) is 8.42 Å². The van der Waals surface area contributed by atoms with Crippen LogP contribution in [-0.2, 0) is 23.2 Å². The van der Waals surface area contributed by atoms with Crippen LogP contribution in [0, 0.1) is 0 Å². The summed E-state index contributed by atoms with van der Waals surface area (Å²) in [6.45, 7) is 0.0279. The third-order valence-electron chi connectivity index (χ3n) is 2.75. The van der Waals surface area contributed by atoms with Crippen LogP contribution < -0.4 is 4.72 Å². The lowest BCUT2D eigenvalue weighted by Crippen LogP contribution is -2.23. The van der Waals surface area contributed by atoms with E-state index in [0.717, 1.165) is 10.0 Å². The molecule has 0 spiro atoms. The highest BCUT2D eigenvalue weighted by Gasteiger charge is 2.13. The Labute approximate surface area is 126 Å². The second kappa shape index (κ2) is 6.49. The largest absolute Gasteiger partial charge is 0.392 e. The minimum Gasteiger partial charge on any atom is -0.392 e. The predicted octanol–water partition coefficient (Wildman–Crippen LogP) is 2.42. The zero-order valence-corrected chi connectivity index (χ0v) is 13.0. The van der Waals surface area contributed by atoms with Crippen LogP contribution in [0.1, 0.15) is 11.1 Å². The fraction of sp³-hybridized carbons (Fsp3) is 0.143. The normalized spacial score (nSPS) is 11.5. The van der Waals surface area contributed by atoms with Crippen molar-refractivity contribution < 1.29 is 13.5 Å². The average molecular weight is 356 g/mol. The van der Waals surface area contributed by atoms with Crippen LogP contribution in [-0.4, -0.2) is 13.5 Å². The minimum atomic E-state index is -3.58. The van der Waals surface area contributed by atoms with Crippen LogP contribution in [0.4, 0.5) is 0 Å². The molecule has 2 aromatic carbocycles. The summed E-state index contributed by atoms with van der Waals surface area (Å²) in [6, 6.07) is 13.7. The molecule has 0 aromatic heterocycles. The number of benzene rings is 2. The van der Waals surface area contributed by atoms with E-state index in [0.29, 0.717) is 5.56 Å². The average Bonchev–Trinajstić information content (AvgIpc) is 2.45. The van der Waals surface area contributed by atoms with Crippen molar-refractivity contribution >= 4 is 26.0 Å². The summed E-state index contributed by atoms with van der Waals surface area (Å²) in [5.41, 5.74) is 1.43. The highest BCUT2D eigenvalue weighted by atomic mass is 79.9. The molecule has 106 valence electrons. The summed E-state index contributed by atoms with van der Waals surface area (Å²) in [5.74, 6) is 0. The Hall–Kier alpha value is -1.21. The molecule has 2 aromatic rings. The summed E-state index contributed by atoms with van der Waals surface area (Å²) in [5, 5.41) is 9.05. The van der Waals surface area contributed by atoms with E-state index in [4.69, 9.17) is 5.11 Å². The van der Waals surface area contributed by atoms with Crippen LogP contribution in [0.5, 0.6) is 0 Å². The van der Waals surface area contributed by atoms with Gasteiger partial charge < -0.3 is 5.11 Å². The van der Waals surface area contributed by atoms with E-state index in [2.05, 4.69) is 20.7 Å². The highest BCUT2D eigenvalue weighted by molar-refractivity contribution is 9.10. The third-order valence-corrected chi connectivity index (χ3v) is 4.64. The fourth-order valence-corrected chi connectivity index (χ4v) is 3.25. The second-order valence-electron chi connectivity index (χ2n) is 4.26. The van der Waals surface area contributed by atoms with Gasteiger partial charge in [-0.15, -0.1) is 0 Å². The zero-order chi connectivity index (χ0) is 14.6. The third kappa shape index (κ3) is 3.89. The zero-order valence-electron chi connectivity index (χ0n) is 10.6. The van der Waals surface area contributed by atoms with Crippen molar-refractivity contribution in [1.29, 1.82) is 0 Å². The lowest BCUT2D eigenvalue weighted by atomic mass is 10.2. The van der Waals surface area contributed by atoms with Gasteiger partial charge in [0.1, 0.15) is 0 Å². The van der Waals surface area contributed by atoms with Crippen LogP contribution in [0.3, 0.4) is 0 Å². The predicted molar refractivity (Wildman–Crippen MR) is 80.5 cm³/mol. The van der Waals surface area contributed by atoms with Gasteiger partial charge in [-0.3, -0.25) is 0 Å².